The van der Waals surface area contributed by atoms with E-state index >= 15 is 0 Å². The fraction of sp³-hybridized carbons (Fsp3) is 0.615. The third kappa shape index (κ3) is 5.05. The van der Waals surface area contributed by atoms with Crippen molar-refractivity contribution in [3.63, 3.8) is 0 Å². The average Bonchev–Trinajstić information content (AvgIpc) is 2.82. The van der Waals surface area contributed by atoms with Crippen molar-refractivity contribution in [1.82, 2.24) is 0 Å². The third-order valence-corrected chi connectivity index (χ3v) is 6.60. The predicted octanol–water partition coefficient (Wildman–Crippen LogP) is 3.70. The number of hydrogen-bond acceptors (Lipinski definition) is 8. The van der Waals surface area contributed by atoms with E-state index in [1.807, 2.05) is 70.2 Å². The van der Waals surface area contributed by atoms with Gasteiger partial charge < -0.3 is 28.4 Å². The monoisotopic (exact) mass is 474 g/mol. The van der Waals surface area contributed by atoms with Crippen LogP contribution in [0.2, 0.25) is 0 Å². The summed E-state index contributed by atoms with van der Waals surface area (Å²) in [5, 5.41) is 0. The van der Waals surface area contributed by atoms with E-state index in [2.05, 4.69) is 0 Å². The first-order valence-electron chi connectivity index (χ1n) is 11.7. The fourth-order valence-electron chi connectivity index (χ4n) is 4.26. The Morgan fingerprint density at radius 3 is 2.00 bits per heavy atom. The Hall–Kier alpha value is -2.26. The smallest absolute Gasteiger partial charge is 0.312 e. The minimum absolute atomic E-state index is 0.205. The number of hydrogen-bond donors (Lipinski definition) is 0. The molecule has 0 radical (unpaired) electrons. The molecule has 0 spiro atoms. The molecule has 0 bridgehead atoms. The Bertz CT molecular complexity index is 909. The first kappa shape index (κ1) is 24.9. The van der Waals surface area contributed by atoms with Crippen LogP contribution in [0.1, 0.15) is 52.4 Å². The lowest BCUT2D eigenvalue weighted by Crippen LogP contribution is -2.64. The van der Waals surface area contributed by atoms with Crippen LogP contribution < -0.4 is 0 Å². The van der Waals surface area contributed by atoms with E-state index < -0.39 is 59.8 Å². The molecule has 0 saturated carbocycles. The van der Waals surface area contributed by atoms with Gasteiger partial charge in [0.1, 0.15) is 12.2 Å². The van der Waals surface area contributed by atoms with Gasteiger partial charge in [-0.2, -0.15) is 0 Å². The summed E-state index contributed by atoms with van der Waals surface area (Å²) in [6.07, 6.45) is -0.0767. The van der Waals surface area contributed by atoms with Crippen molar-refractivity contribution in [3.05, 3.63) is 48.0 Å². The molecule has 1 aromatic rings. The van der Waals surface area contributed by atoms with Crippen LogP contribution >= 0.6 is 0 Å². The Morgan fingerprint density at radius 1 is 0.824 bits per heavy atom. The van der Waals surface area contributed by atoms with E-state index in [1.54, 1.807) is 0 Å². The number of rotatable bonds is 2. The molecular formula is C26H34O8. The van der Waals surface area contributed by atoms with Gasteiger partial charge in [0.25, 0.3) is 0 Å². The summed E-state index contributed by atoms with van der Waals surface area (Å²) in [6, 6.07) is 9.49. The van der Waals surface area contributed by atoms with Crippen LogP contribution in [0.4, 0.5) is 0 Å². The molecule has 8 heteroatoms. The number of allylic oxidation sites excluding steroid dienone is 2. The molecule has 0 aromatic heterocycles. The number of methoxy groups -OCH3 is 1. The SMILES string of the molecule is CO[C@H]1O[C@@H]2COC(c3ccccc3)O[C@H]2[C@@H]2OC(=O)C(C)(C)CC=CCC(C)(C)C(=O)O[C@@H]12. The van der Waals surface area contributed by atoms with E-state index in [0.717, 1.165) is 5.56 Å². The van der Waals surface area contributed by atoms with Crippen LogP contribution in [0.15, 0.2) is 42.5 Å². The highest BCUT2D eigenvalue weighted by Gasteiger charge is 2.55. The van der Waals surface area contributed by atoms with Gasteiger partial charge in [-0.05, 0) is 40.5 Å². The van der Waals surface area contributed by atoms with Crippen molar-refractivity contribution in [2.75, 3.05) is 13.7 Å². The van der Waals surface area contributed by atoms with Crippen molar-refractivity contribution in [3.8, 4) is 0 Å². The van der Waals surface area contributed by atoms with Gasteiger partial charge in [0.2, 0.25) is 0 Å². The molecule has 0 amide bonds. The number of carbonyl (C=O) groups is 2. The van der Waals surface area contributed by atoms with Gasteiger partial charge in [0.15, 0.2) is 24.8 Å². The highest BCUT2D eigenvalue weighted by Crippen LogP contribution is 2.39. The zero-order valence-corrected chi connectivity index (χ0v) is 20.4. The molecule has 4 rings (SSSR count). The minimum Gasteiger partial charge on any atom is -0.455 e. The lowest BCUT2D eigenvalue weighted by Gasteiger charge is -2.48. The number of carbonyl (C=O) groups excluding carboxylic acids is 2. The molecule has 2 fully saturated rings. The van der Waals surface area contributed by atoms with Gasteiger partial charge in [0, 0.05) is 12.7 Å². The van der Waals surface area contributed by atoms with Crippen LogP contribution in [-0.4, -0.2) is 56.4 Å². The lowest BCUT2D eigenvalue weighted by atomic mass is 9.85. The molecule has 1 unspecified atom stereocenters. The number of fused-ring (bicyclic) bond motifs is 3. The Kier molecular flexibility index (Phi) is 7.14. The van der Waals surface area contributed by atoms with E-state index in [9.17, 15) is 9.59 Å². The Balaban J connectivity index is 1.70. The quantitative estimate of drug-likeness (QED) is 0.474. The Morgan fingerprint density at radius 2 is 1.41 bits per heavy atom. The van der Waals surface area contributed by atoms with Crippen molar-refractivity contribution in [2.24, 2.45) is 10.8 Å². The summed E-state index contributed by atoms with van der Waals surface area (Å²) in [7, 11) is 1.46. The molecule has 3 heterocycles. The molecule has 3 aliphatic heterocycles. The first-order chi connectivity index (χ1) is 16.1. The highest BCUT2D eigenvalue weighted by atomic mass is 16.8. The minimum atomic E-state index is -1.00. The van der Waals surface area contributed by atoms with Crippen molar-refractivity contribution in [1.29, 1.82) is 0 Å². The molecule has 3 aliphatic rings. The van der Waals surface area contributed by atoms with E-state index in [0.29, 0.717) is 12.8 Å². The largest absolute Gasteiger partial charge is 0.455 e. The van der Waals surface area contributed by atoms with Crippen molar-refractivity contribution >= 4 is 11.9 Å². The molecule has 186 valence electrons. The first-order valence-corrected chi connectivity index (χ1v) is 11.7. The van der Waals surface area contributed by atoms with Gasteiger partial charge in [-0.15, -0.1) is 0 Å². The summed E-state index contributed by atoms with van der Waals surface area (Å²) >= 11 is 0. The van der Waals surface area contributed by atoms with E-state index in [1.165, 1.54) is 7.11 Å². The second-order valence-electron chi connectivity index (χ2n) is 10.3. The van der Waals surface area contributed by atoms with Crippen LogP contribution in [0, 0.1) is 10.8 Å². The van der Waals surface area contributed by atoms with Crippen LogP contribution in [0.3, 0.4) is 0 Å². The fourth-order valence-corrected chi connectivity index (χ4v) is 4.26. The topological polar surface area (TPSA) is 89.5 Å². The maximum absolute atomic E-state index is 13.3. The van der Waals surface area contributed by atoms with Gasteiger partial charge in [-0.3, -0.25) is 9.59 Å². The standard InChI is InChI=1S/C26H34O8/c1-25(2)13-9-10-14-26(3,4)24(28)34-20-19(33-23(25)27)18-17(31-22(20)29-5)15-30-21(32-18)16-11-7-6-8-12-16/h6-12,17-22H,13-15H2,1-5H3/t17-,18-,19+,20-,21?,22+/m1/s1. The van der Waals surface area contributed by atoms with Crippen LogP contribution in [-0.2, 0) is 38.0 Å². The number of benzene rings is 1. The van der Waals surface area contributed by atoms with Crippen molar-refractivity contribution < 1.29 is 38.0 Å². The Labute approximate surface area is 200 Å². The summed E-state index contributed by atoms with van der Waals surface area (Å²) in [6.45, 7) is 7.51. The predicted molar refractivity (Wildman–Crippen MR) is 121 cm³/mol. The average molecular weight is 475 g/mol. The van der Waals surface area contributed by atoms with Gasteiger partial charge in [-0.25, -0.2) is 0 Å². The van der Waals surface area contributed by atoms with Gasteiger partial charge >= 0.3 is 11.9 Å². The summed E-state index contributed by atoms with van der Waals surface area (Å²) < 4.78 is 35.8. The van der Waals surface area contributed by atoms with E-state index in [4.69, 9.17) is 28.4 Å². The zero-order valence-electron chi connectivity index (χ0n) is 20.4. The van der Waals surface area contributed by atoms with Gasteiger partial charge in [-0.1, -0.05) is 42.5 Å². The molecular weight excluding hydrogens is 440 g/mol. The molecule has 2 saturated heterocycles. The van der Waals surface area contributed by atoms with Crippen molar-refractivity contribution in [2.45, 2.75) is 77.5 Å². The van der Waals surface area contributed by atoms with E-state index in [-0.39, 0.29) is 6.61 Å². The summed E-state index contributed by atoms with van der Waals surface area (Å²) in [5.41, 5.74) is -0.740. The molecule has 6 atom stereocenters. The zero-order chi connectivity index (χ0) is 24.5. The van der Waals surface area contributed by atoms with Crippen LogP contribution in [0.5, 0.6) is 0 Å². The van der Waals surface area contributed by atoms with Gasteiger partial charge in [0.05, 0.1) is 17.4 Å². The summed E-state index contributed by atoms with van der Waals surface area (Å²) in [5.74, 6) is -0.844. The molecule has 8 nitrogen and oxygen atoms in total. The lowest BCUT2D eigenvalue weighted by molar-refractivity contribution is -0.360. The third-order valence-electron chi connectivity index (χ3n) is 6.60. The normalized spacial score (nSPS) is 35.6. The maximum Gasteiger partial charge on any atom is 0.312 e. The second-order valence-corrected chi connectivity index (χ2v) is 10.3. The second kappa shape index (κ2) is 9.77. The summed E-state index contributed by atoms with van der Waals surface area (Å²) in [4.78, 5) is 26.4. The number of esters is 2. The molecule has 0 N–H and O–H groups in total. The molecule has 34 heavy (non-hydrogen) atoms. The molecule has 0 aliphatic carbocycles. The number of ether oxygens (including phenoxy) is 6. The molecule has 1 aromatic carbocycles. The maximum atomic E-state index is 13.3. The van der Waals surface area contributed by atoms with Crippen LogP contribution in [0.25, 0.3) is 0 Å². The highest BCUT2D eigenvalue weighted by molar-refractivity contribution is 5.77.